The first-order valence-corrected chi connectivity index (χ1v) is 6.86. The minimum absolute atomic E-state index is 0.0428. The Morgan fingerprint density at radius 1 is 1.16 bits per heavy atom. The van der Waals surface area contributed by atoms with Crippen molar-refractivity contribution in [3.63, 3.8) is 0 Å². The van der Waals surface area contributed by atoms with Gasteiger partial charge in [-0.25, -0.2) is 0 Å². The predicted octanol–water partition coefficient (Wildman–Crippen LogP) is 3.59. The molecule has 0 aliphatic rings. The maximum atomic E-state index is 11.9. The van der Waals surface area contributed by atoms with Crippen molar-refractivity contribution < 1.29 is 4.79 Å². The SMILES string of the molecule is CC(C)c1ccc(/C=C\C(=O)[C@H](C)CN(C)C)cc1. The zero-order valence-electron chi connectivity index (χ0n) is 12.7. The molecule has 0 N–H and O–H groups in total. The molecule has 0 saturated heterocycles. The molecule has 0 aliphatic carbocycles. The molecule has 0 bridgehead atoms. The summed E-state index contributed by atoms with van der Waals surface area (Å²) in [5.74, 6) is 0.766. The summed E-state index contributed by atoms with van der Waals surface area (Å²) in [6.45, 7) is 7.11. The molecule has 2 nitrogen and oxygen atoms in total. The van der Waals surface area contributed by atoms with Gasteiger partial charge in [0.05, 0.1) is 0 Å². The Bertz CT molecular complexity index is 429. The van der Waals surface area contributed by atoms with Crippen molar-refractivity contribution in [1.29, 1.82) is 0 Å². The summed E-state index contributed by atoms with van der Waals surface area (Å²) in [7, 11) is 3.97. The Hall–Kier alpha value is -1.41. The summed E-state index contributed by atoms with van der Waals surface area (Å²) >= 11 is 0. The molecule has 0 fully saturated rings. The first kappa shape index (κ1) is 15.6. The van der Waals surface area contributed by atoms with Gasteiger partial charge in [0.2, 0.25) is 0 Å². The van der Waals surface area contributed by atoms with Crippen molar-refractivity contribution >= 4 is 11.9 Å². The lowest BCUT2D eigenvalue weighted by Crippen LogP contribution is -2.24. The molecule has 0 aliphatic heterocycles. The number of ketones is 1. The number of carbonyl (C=O) groups is 1. The Labute approximate surface area is 117 Å². The summed E-state index contributed by atoms with van der Waals surface area (Å²) in [6, 6.07) is 8.38. The Morgan fingerprint density at radius 3 is 2.21 bits per heavy atom. The highest BCUT2D eigenvalue weighted by molar-refractivity contribution is 5.95. The molecular weight excluding hydrogens is 234 g/mol. The first-order valence-electron chi connectivity index (χ1n) is 6.86. The van der Waals surface area contributed by atoms with Gasteiger partial charge in [-0.2, -0.15) is 0 Å². The van der Waals surface area contributed by atoms with Gasteiger partial charge >= 0.3 is 0 Å². The summed E-state index contributed by atoms with van der Waals surface area (Å²) < 4.78 is 0. The molecule has 0 aromatic heterocycles. The molecule has 2 heteroatoms. The van der Waals surface area contributed by atoms with E-state index in [-0.39, 0.29) is 11.7 Å². The number of carbonyl (C=O) groups excluding carboxylic acids is 1. The van der Waals surface area contributed by atoms with Crippen molar-refractivity contribution in [3.8, 4) is 0 Å². The van der Waals surface area contributed by atoms with E-state index in [0.717, 1.165) is 12.1 Å². The van der Waals surface area contributed by atoms with E-state index in [1.807, 2.05) is 32.0 Å². The number of hydrogen-bond donors (Lipinski definition) is 0. The van der Waals surface area contributed by atoms with E-state index in [4.69, 9.17) is 0 Å². The topological polar surface area (TPSA) is 20.3 Å². The van der Waals surface area contributed by atoms with E-state index in [1.165, 1.54) is 5.56 Å². The highest BCUT2D eigenvalue weighted by Crippen LogP contribution is 2.15. The molecule has 1 rings (SSSR count). The fourth-order valence-electron chi connectivity index (χ4n) is 1.97. The molecule has 0 spiro atoms. The van der Waals surface area contributed by atoms with Crippen LogP contribution in [0.25, 0.3) is 6.08 Å². The van der Waals surface area contributed by atoms with Crippen LogP contribution in [0.5, 0.6) is 0 Å². The van der Waals surface area contributed by atoms with Gasteiger partial charge in [-0.3, -0.25) is 4.79 Å². The van der Waals surface area contributed by atoms with Crippen molar-refractivity contribution in [1.82, 2.24) is 4.90 Å². The third-order valence-electron chi connectivity index (χ3n) is 3.17. The Morgan fingerprint density at radius 2 is 1.74 bits per heavy atom. The predicted molar refractivity (Wildman–Crippen MR) is 82.3 cm³/mol. The molecule has 19 heavy (non-hydrogen) atoms. The van der Waals surface area contributed by atoms with Crippen molar-refractivity contribution in [2.45, 2.75) is 26.7 Å². The average molecular weight is 259 g/mol. The minimum Gasteiger partial charge on any atom is -0.309 e. The second-order valence-electron chi connectivity index (χ2n) is 5.72. The van der Waals surface area contributed by atoms with E-state index in [2.05, 4.69) is 38.1 Å². The van der Waals surface area contributed by atoms with E-state index in [9.17, 15) is 4.79 Å². The zero-order chi connectivity index (χ0) is 14.4. The lowest BCUT2D eigenvalue weighted by Gasteiger charge is -2.13. The van der Waals surface area contributed by atoms with E-state index < -0.39 is 0 Å². The third kappa shape index (κ3) is 5.39. The van der Waals surface area contributed by atoms with Gasteiger partial charge in [0, 0.05) is 12.5 Å². The lowest BCUT2D eigenvalue weighted by molar-refractivity contribution is -0.118. The van der Waals surface area contributed by atoms with Crippen LogP contribution in [-0.2, 0) is 4.79 Å². The monoisotopic (exact) mass is 259 g/mol. The fourth-order valence-corrected chi connectivity index (χ4v) is 1.97. The van der Waals surface area contributed by atoms with Gasteiger partial charge in [-0.15, -0.1) is 0 Å². The van der Waals surface area contributed by atoms with E-state index in [1.54, 1.807) is 6.08 Å². The highest BCUT2D eigenvalue weighted by Gasteiger charge is 2.10. The summed E-state index contributed by atoms with van der Waals surface area (Å²) in [4.78, 5) is 13.9. The van der Waals surface area contributed by atoms with Gasteiger partial charge in [0.25, 0.3) is 0 Å². The second kappa shape index (κ2) is 7.25. The molecule has 0 unspecified atom stereocenters. The highest BCUT2D eigenvalue weighted by atomic mass is 16.1. The van der Waals surface area contributed by atoms with Crippen LogP contribution in [0.1, 0.15) is 37.8 Å². The first-order chi connectivity index (χ1) is 8.90. The molecule has 0 saturated carbocycles. The van der Waals surface area contributed by atoms with Crippen LogP contribution >= 0.6 is 0 Å². The maximum Gasteiger partial charge on any atom is 0.159 e. The largest absolute Gasteiger partial charge is 0.309 e. The quantitative estimate of drug-likeness (QED) is 0.728. The summed E-state index contributed by atoms with van der Waals surface area (Å²) in [5, 5.41) is 0. The van der Waals surface area contributed by atoms with E-state index in [0.29, 0.717) is 5.92 Å². The van der Waals surface area contributed by atoms with Crippen molar-refractivity contribution in [3.05, 3.63) is 41.5 Å². The van der Waals surface area contributed by atoms with Crippen LogP contribution in [0.2, 0.25) is 0 Å². The Balaban J connectivity index is 2.63. The molecule has 0 heterocycles. The molecular formula is C17H25NO. The second-order valence-corrected chi connectivity index (χ2v) is 5.72. The number of allylic oxidation sites excluding steroid dienone is 1. The lowest BCUT2D eigenvalue weighted by atomic mass is 10.0. The van der Waals surface area contributed by atoms with Gasteiger partial charge < -0.3 is 4.90 Å². The molecule has 1 aromatic carbocycles. The molecule has 0 amide bonds. The fraction of sp³-hybridized carbons (Fsp3) is 0.471. The van der Waals surface area contributed by atoms with Crippen LogP contribution in [0, 0.1) is 5.92 Å². The average Bonchev–Trinajstić information content (AvgIpc) is 2.35. The number of benzene rings is 1. The molecule has 1 atom stereocenters. The molecule has 104 valence electrons. The van der Waals surface area contributed by atoms with Crippen LogP contribution in [0.3, 0.4) is 0 Å². The van der Waals surface area contributed by atoms with Gasteiger partial charge in [-0.05, 0) is 37.2 Å². The van der Waals surface area contributed by atoms with Crippen molar-refractivity contribution in [2.24, 2.45) is 5.92 Å². The maximum absolute atomic E-state index is 11.9. The van der Waals surface area contributed by atoms with Gasteiger partial charge in [-0.1, -0.05) is 51.1 Å². The molecule has 1 aromatic rings. The van der Waals surface area contributed by atoms with Crippen molar-refractivity contribution in [2.75, 3.05) is 20.6 Å². The summed E-state index contributed by atoms with van der Waals surface area (Å²) in [6.07, 6.45) is 3.59. The number of rotatable bonds is 6. The Kier molecular flexibility index (Phi) is 5.97. The third-order valence-corrected chi connectivity index (χ3v) is 3.17. The van der Waals surface area contributed by atoms with Gasteiger partial charge in [0.1, 0.15) is 0 Å². The summed E-state index contributed by atoms with van der Waals surface area (Å²) in [5.41, 5.74) is 2.40. The number of nitrogens with zero attached hydrogens (tertiary/aromatic N) is 1. The van der Waals surface area contributed by atoms with E-state index >= 15 is 0 Å². The van der Waals surface area contributed by atoms with Crippen LogP contribution < -0.4 is 0 Å². The normalized spacial score (nSPS) is 13.4. The molecule has 0 radical (unpaired) electrons. The van der Waals surface area contributed by atoms with Crippen LogP contribution in [0.4, 0.5) is 0 Å². The zero-order valence-corrected chi connectivity index (χ0v) is 12.7. The van der Waals surface area contributed by atoms with Gasteiger partial charge in [0.15, 0.2) is 5.78 Å². The minimum atomic E-state index is 0.0428. The number of hydrogen-bond acceptors (Lipinski definition) is 2. The van der Waals surface area contributed by atoms with Crippen LogP contribution in [-0.4, -0.2) is 31.3 Å². The standard InChI is InChI=1S/C17H25NO/c1-13(2)16-9-6-15(7-10-16)8-11-17(19)14(3)12-18(4)5/h6-11,13-14H,12H2,1-5H3/b11-8-/t14-/m1/s1. The smallest absolute Gasteiger partial charge is 0.159 e. The van der Waals surface area contributed by atoms with Crippen LogP contribution in [0.15, 0.2) is 30.3 Å².